The minimum Gasteiger partial charge on any atom is -0.504 e. The lowest BCUT2D eigenvalue weighted by molar-refractivity contribution is 0.0981. The van der Waals surface area contributed by atoms with Gasteiger partial charge in [-0.3, -0.25) is 4.79 Å². The van der Waals surface area contributed by atoms with Gasteiger partial charge in [-0.2, -0.15) is 0 Å². The van der Waals surface area contributed by atoms with Crippen LogP contribution in [0.1, 0.15) is 27.9 Å². The van der Waals surface area contributed by atoms with E-state index in [2.05, 4.69) is 0 Å². The molecule has 88 valence electrons. The van der Waals surface area contributed by atoms with Crippen molar-refractivity contribution in [1.29, 1.82) is 0 Å². The minimum atomic E-state index is -0.153. The second-order valence-electron chi connectivity index (χ2n) is 3.71. The van der Waals surface area contributed by atoms with Crippen molar-refractivity contribution in [2.75, 3.05) is 13.7 Å². The molecule has 0 aliphatic heterocycles. The summed E-state index contributed by atoms with van der Waals surface area (Å²) in [5.74, 6) is 0.0759. The first-order valence-corrected chi connectivity index (χ1v) is 5.13. The standard InChI is InChI=1S/C12H17NO3/c1-7-6-10(16-3)12(15)11(8(7)2)9(14)4-5-13/h6,15H,4-5,13H2,1-3H3. The van der Waals surface area contributed by atoms with Crippen LogP contribution in [0.15, 0.2) is 6.07 Å². The van der Waals surface area contributed by atoms with Gasteiger partial charge in [-0.05, 0) is 37.6 Å². The third-order valence-corrected chi connectivity index (χ3v) is 2.65. The Balaban J connectivity index is 3.35. The molecule has 4 nitrogen and oxygen atoms in total. The Morgan fingerprint density at radius 1 is 1.50 bits per heavy atom. The van der Waals surface area contributed by atoms with Gasteiger partial charge in [-0.25, -0.2) is 0 Å². The van der Waals surface area contributed by atoms with Crippen LogP contribution in [-0.2, 0) is 0 Å². The van der Waals surface area contributed by atoms with Crippen molar-refractivity contribution in [1.82, 2.24) is 0 Å². The monoisotopic (exact) mass is 223 g/mol. The molecule has 1 aromatic rings. The van der Waals surface area contributed by atoms with Crippen molar-refractivity contribution < 1.29 is 14.6 Å². The Labute approximate surface area is 95.0 Å². The zero-order chi connectivity index (χ0) is 12.3. The highest BCUT2D eigenvalue weighted by molar-refractivity contribution is 6.01. The number of aryl methyl sites for hydroxylation is 1. The van der Waals surface area contributed by atoms with Crippen molar-refractivity contribution in [3.63, 3.8) is 0 Å². The van der Waals surface area contributed by atoms with Crippen molar-refractivity contribution >= 4 is 5.78 Å². The summed E-state index contributed by atoms with van der Waals surface area (Å²) < 4.78 is 5.02. The molecule has 0 saturated heterocycles. The van der Waals surface area contributed by atoms with Crippen molar-refractivity contribution in [2.24, 2.45) is 5.73 Å². The number of rotatable bonds is 4. The van der Waals surface area contributed by atoms with Crippen molar-refractivity contribution in [3.8, 4) is 11.5 Å². The predicted molar refractivity (Wildman–Crippen MR) is 62.1 cm³/mol. The van der Waals surface area contributed by atoms with Gasteiger partial charge in [-0.1, -0.05) is 0 Å². The van der Waals surface area contributed by atoms with Gasteiger partial charge in [0.1, 0.15) is 0 Å². The van der Waals surface area contributed by atoms with Crippen LogP contribution in [-0.4, -0.2) is 24.5 Å². The van der Waals surface area contributed by atoms with Crippen LogP contribution in [0, 0.1) is 13.8 Å². The van der Waals surface area contributed by atoms with Crippen LogP contribution in [0.5, 0.6) is 11.5 Å². The largest absolute Gasteiger partial charge is 0.504 e. The second kappa shape index (κ2) is 4.99. The number of hydrogen-bond acceptors (Lipinski definition) is 4. The number of ketones is 1. The minimum absolute atomic E-state index is 0.0935. The lowest BCUT2D eigenvalue weighted by Gasteiger charge is -2.13. The highest BCUT2D eigenvalue weighted by Gasteiger charge is 2.19. The van der Waals surface area contributed by atoms with E-state index in [0.717, 1.165) is 11.1 Å². The van der Waals surface area contributed by atoms with E-state index in [0.29, 0.717) is 11.3 Å². The number of nitrogens with two attached hydrogens (primary N) is 1. The molecular weight excluding hydrogens is 206 g/mol. The summed E-state index contributed by atoms with van der Waals surface area (Å²) in [6.07, 6.45) is 0.223. The second-order valence-corrected chi connectivity index (χ2v) is 3.71. The normalized spacial score (nSPS) is 10.2. The first-order valence-electron chi connectivity index (χ1n) is 5.13. The molecule has 0 aliphatic carbocycles. The maximum absolute atomic E-state index is 11.8. The number of phenols is 1. The molecule has 0 unspecified atom stereocenters. The van der Waals surface area contributed by atoms with Gasteiger partial charge < -0.3 is 15.6 Å². The van der Waals surface area contributed by atoms with Crippen LogP contribution < -0.4 is 10.5 Å². The lowest BCUT2D eigenvalue weighted by Crippen LogP contribution is -2.10. The number of aromatic hydroxyl groups is 1. The van der Waals surface area contributed by atoms with E-state index in [4.69, 9.17) is 10.5 Å². The summed E-state index contributed by atoms with van der Waals surface area (Å²) in [7, 11) is 1.46. The van der Waals surface area contributed by atoms with E-state index >= 15 is 0 Å². The number of ether oxygens (including phenoxy) is 1. The molecule has 0 atom stereocenters. The molecule has 0 bridgehead atoms. The molecule has 16 heavy (non-hydrogen) atoms. The summed E-state index contributed by atoms with van der Waals surface area (Å²) in [5, 5.41) is 9.90. The summed E-state index contributed by atoms with van der Waals surface area (Å²) in [4.78, 5) is 11.8. The van der Waals surface area contributed by atoms with Crippen LogP contribution in [0.3, 0.4) is 0 Å². The fraction of sp³-hybridized carbons (Fsp3) is 0.417. The summed E-state index contributed by atoms with van der Waals surface area (Å²) in [6, 6.07) is 1.71. The van der Waals surface area contributed by atoms with E-state index in [9.17, 15) is 9.90 Å². The van der Waals surface area contributed by atoms with Crippen LogP contribution >= 0.6 is 0 Å². The molecule has 1 rings (SSSR count). The average molecular weight is 223 g/mol. The van der Waals surface area contributed by atoms with Gasteiger partial charge in [0, 0.05) is 6.42 Å². The number of hydrogen-bond donors (Lipinski definition) is 2. The van der Waals surface area contributed by atoms with E-state index < -0.39 is 0 Å². The Bertz CT molecular complexity index is 413. The zero-order valence-corrected chi connectivity index (χ0v) is 9.83. The SMILES string of the molecule is COc1cc(C)c(C)c(C(=O)CCN)c1O. The lowest BCUT2D eigenvalue weighted by atomic mass is 9.97. The predicted octanol–water partition coefficient (Wildman–Crippen LogP) is 1.55. The molecule has 1 aromatic carbocycles. The van der Waals surface area contributed by atoms with Crippen LogP contribution in [0.2, 0.25) is 0 Å². The maximum atomic E-state index is 11.8. The molecule has 0 amide bonds. The van der Waals surface area contributed by atoms with Crippen molar-refractivity contribution in [3.05, 3.63) is 22.8 Å². The molecule has 3 N–H and O–H groups in total. The van der Waals surface area contributed by atoms with Gasteiger partial charge >= 0.3 is 0 Å². The van der Waals surface area contributed by atoms with E-state index in [1.165, 1.54) is 7.11 Å². The maximum Gasteiger partial charge on any atom is 0.168 e. The third-order valence-electron chi connectivity index (χ3n) is 2.65. The molecule has 0 fully saturated rings. The molecule has 0 heterocycles. The van der Waals surface area contributed by atoms with Crippen molar-refractivity contribution in [2.45, 2.75) is 20.3 Å². The van der Waals surface area contributed by atoms with Gasteiger partial charge in [-0.15, -0.1) is 0 Å². The first-order chi connectivity index (χ1) is 7.52. The van der Waals surface area contributed by atoms with E-state index in [-0.39, 0.29) is 24.5 Å². The summed E-state index contributed by atoms with van der Waals surface area (Å²) in [6.45, 7) is 3.95. The zero-order valence-electron chi connectivity index (χ0n) is 9.83. The molecule has 0 radical (unpaired) electrons. The van der Waals surface area contributed by atoms with E-state index in [1.54, 1.807) is 13.0 Å². The highest BCUT2D eigenvalue weighted by atomic mass is 16.5. The Hall–Kier alpha value is -1.55. The number of carbonyl (C=O) groups excluding carboxylic acids is 1. The summed E-state index contributed by atoms with van der Waals surface area (Å²) >= 11 is 0. The van der Waals surface area contributed by atoms with E-state index in [1.807, 2.05) is 6.92 Å². The molecular formula is C12H17NO3. The van der Waals surface area contributed by atoms with Gasteiger partial charge in [0.25, 0.3) is 0 Å². The number of benzene rings is 1. The Morgan fingerprint density at radius 2 is 2.12 bits per heavy atom. The first kappa shape index (κ1) is 12.5. The summed E-state index contributed by atoms with van der Waals surface area (Å²) in [5.41, 5.74) is 7.35. The smallest absolute Gasteiger partial charge is 0.168 e. The Morgan fingerprint density at radius 3 is 2.62 bits per heavy atom. The third kappa shape index (κ3) is 2.17. The highest BCUT2D eigenvalue weighted by Crippen LogP contribution is 2.35. The molecule has 0 saturated carbocycles. The molecule has 0 spiro atoms. The van der Waals surface area contributed by atoms with Gasteiger partial charge in [0.2, 0.25) is 0 Å². The fourth-order valence-electron chi connectivity index (χ4n) is 1.62. The van der Waals surface area contributed by atoms with Gasteiger partial charge in [0.15, 0.2) is 17.3 Å². The van der Waals surface area contributed by atoms with Crippen LogP contribution in [0.4, 0.5) is 0 Å². The molecule has 0 aliphatic rings. The number of carbonyl (C=O) groups is 1. The fourth-order valence-corrected chi connectivity index (χ4v) is 1.62. The van der Waals surface area contributed by atoms with Crippen LogP contribution in [0.25, 0.3) is 0 Å². The number of phenolic OH excluding ortho intramolecular Hbond substituents is 1. The topological polar surface area (TPSA) is 72.5 Å². The quantitative estimate of drug-likeness (QED) is 0.759. The van der Waals surface area contributed by atoms with Gasteiger partial charge in [0.05, 0.1) is 12.7 Å². The Kier molecular flexibility index (Phi) is 3.90. The molecule has 0 aromatic heterocycles. The number of Topliss-reactive ketones (excluding diaryl/α,β-unsaturated/α-hetero) is 1. The molecule has 4 heteroatoms. The number of methoxy groups -OCH3 is 1. The average Bonchev–Trinajstić information content (AvgIpc) is 2.24.